The van der Waals surface area contributed by atoms with Crippen molar-refractivity contribution < 1.29 is 4.74 Å². The largest absolute Gasteiger partial charge is 0.376 e. The Balaban J connectivity index is 1.97. The van der Waals surface area contributed by atoms with Gasteiger partial charge >= 0.3 is 0 Å². The number of hydrogen-bond donors (Lipinski definition) is 0. The Hall–Kier alpha value is -1.13. The highest BCUT2D eigenvalue weighted by atomic mass is 35.5. The number of alkyl halides is 1. The molecule has 1 aliphatic heterocycles. The third-order valence-electron chi connectivity index (χ3n) is 3.36. The summed E-state index contributed by atoms with van der Waals surface area (Å²) in [5.74, 6) is 1.62. The quantitative estimate of drug-likeness (QED) is 0.797. The molecule has 0 N–H and O–H groups in total. The lowest BCUT2D eigenvalue weighted by Crippen LogP contribution is -2.17. The first-order valence-corrected chi connectivity index (χ1v) is 6.88. The van der Waals surface area contributed by atoms with Crippen LogP contribution in [0.5, 0.6) is 0 Å². The van der Waals surface area contributed by atoms with Gasteiger partial charge in [-0.25, -0.2) is 4.98 Å². The molecule has 2 aromatic rings. The number of nitrogens with zero attached hydrogens (tertiary/aromatic N) is 3. The molecule has 0 bridgehead atoms. The van der Waals surface area contributed by atoms with Crippen molar-refractivity contribution in [3.8, 4) is 0 Å². The third-order valence-corrected chi connectivity index (χ3v) is 3.55. The average molecular weight is 266 g/mol. The molecule has 4 nitrogen and oxygen atoms in total. The maximum atomic E-state index is 5.85. The van der Waals surface area contributed by atoms with Gasteiger partial charge in [0.2, 0.25) is 0 Å². The minimum absolute atomic E-state index is 0.310. The fourth-order valence-corrected chi connectivity index (χ4v) is 2.67. The zero-order valence-corrected chi connectivity index (χ0v) is 10.9. The van der Waals surface area contributed by atoms with Gasteiger partial charge in [0, 0.05) is 25.1 Å². The van der Waals surface area contributed by atoms with E-state index in [1.54, 1.807) is 12.4 Å². The Morgan fingerprint density at radius 2 is 2.44 bits per heavy atom. The number of imidazole rings is 1. The SMILES string of the molecule is ClCCc1nc2cnccc2n1CC1CCCO1. The summed E-state index contributed by atoms with van der Waals surface area (Å²) in [6.07, 6.45) is 6.99. The molecule has 1 atom stereocenters. The Morgan fingerprint density at radius 1 is 1.50 bits per heavy atom. The number of pyridine rings is 1. The molecule has 0 amide bonds. The van der Waals surface area contributed by atoms with Crippen molar-refractivity contribution in [2.45, 2.75) is 31.9 Å². The van der Waals surface area contributed by atoms with Gasteiger partial charge in [-0.3, -0.25) is 4.98 Å². The monoisotopic (exact) mass is 265 g/mol. The smallest absolute Gasteiger partial charge is 0.111 e. The highest BCUT2D eigenvalue weighted by molar-refractivity contribution is 6.17. The van der Waals surface area contributed by atoms with E-state index in [0.717, 1.165) is 49.3 Å². The molecular formula is C13H16ClN3O. The van der Waals surface area contributed by atoms with Crippen LogP contribution in [-0.2, 0) is 17.7 Å². The number of halogens is 1. The van der Waals surface area contributed by atoms with Crippen LogP contribution in [0, 0.1) is 0 Å². The van der Waals surface area contributed by atoms with Crippen LogP contribution >= 0.6 is 11.6 Å². The molecular weight excluding hydrogens is 250 g/mol. The van der Waals surface area contributed by atoms with E-state index in [-0.39, 0.29) is 0 Å². The van der Waals surface area contributed by atoms with Gasteiger partial charge in [0.05, 0.1) is 24.4 Å². The first-order valence-electron chi connectivity index (χ1n) is 6.35. The van der Waals surface area contributed by atoms with E-state index in [2.05, 4.69) is 14.5 Å². The van der Waals surface area contributed by atoms with Gasteiger partial charge in [-0.1, -0.05) is 0 Å². The summed E-state index contributed by atoms with van der Waals surface area (Å²) in [6.45, 7) is 1.75. The Morgan fingerprint density at radius 3 is 3.22 bits per heavy atom. The zero-order chi connectivity index (χ0) is 12.4. The van der Waals surface area contributed by atoms with Crippen LogP contribution < -0.4 is 0 Å². The minimum atomic E-state index is 0.310. The summed E-state index contributed by atoms with van der Waals surface area (Å²) in [6, 6.07) is 2.01. The number of rotatable bonds is 4. The Labute approximate surface area is 111 Å². The molecule has 1 unspecified atom stereocenters. The predicted octanol–water partition coefficient (Wildman–Crippen LogP) is 2.39. The number of hydrogen-bond acceptors (Lipinski definition) is 3. The molecule has 0 aromatic carbocycles. The standard InChI is InChI=1S/C13H16ClN3O/c14-5-3-13-16-11-8-15-6-4-12(11)17(13)9-10-2-1-7-18-10/h4,6,8,10H,1-3,5,7,9H2. The van der Waals surface area contributed by atoms with E-state index >= 15 is 0 Å². The van der Waals surface area contributed by atoms with E-state index in [1.807, 2.05) is 6.07 Å². The van der Waals surface area contributed by atoms with Crippen LogP contribution in [0.1, 0.15) is 18.7 Å². The topological polar surface area (TPSA) is 39.9 Å². The lowest BCUT2D eigenvalue weighted by atomic mass is 10.2. The van der Waals surface area contributed by atoms with E-state index in [9.17, 15) is 0 Å². The first-order chi connectivity index (χ1) is 8.88. The van der Waals surface area contributed by atoms with Crippen molar-refractivity contribution in [2.24, 2.45) is 0 Å². The molecule has 18 heavy (non-hydrogen) atoms. The number of aryl methyl sites for hydroxylation is 1. The van der Waals surface area contributed by atoms with Crippen molar-refractivity contribution >= 4 is 22.6 Å². The molecule has 1 aliphatic rings. The molecule has 3 heterocycles. The average Bonchev–Trinajstić information content (AvgIpc) is 3.00. The van der Waals surface area contributed by atoms with Gasteiger partial charge in [0.1, 0.15) is 11.3 Å². The Bertz CT molecular complexity index is 534. The van der Waals surface area contributed by atoms with Crippen molar-refractivity contribution in [1.29, 1.82) is 0 Å². The van der Waals surface area contributed by atoms with Gasteiger partial charge in [-0.15, -0.1) is 11.6 Å². The summed E-state index contributed by atoms with van der Waals surface area (Å²) < 4.78 is 7.94. The van der Waals surface area contributed by atoms with Crippen LogP contribution in [-0.4, -0.2) is 33.1 Å². The number of aromatic nitrogens is 3. The fraction of sp³-hybridized carbons (Fsp3) is 0.538. The van der Waals surface area contributed by atoms with Crippen LogP contribution in [0.2, 0.25) is 0 Å². The van der Waals surface area contributed by atoms with Gasteiger partial charge in [0.15, 0.2) is 0 Å². The molecule has 3 rings (SSSR count). The third kappa shape index (κ3) is 2.22. The molecule has 0 aliphatic carbocycles. The molecule has 2 aromatic heterocycles. The lowest BCUT2D eigenvalue weighted by molar-refractivity contribution is 0.0972. The highest BCUT2D eigenvalue weighted by Crippen LogP contribution is 2.20. The molecule has 5 heteroatoms. The summed E-state index contributed by atoms with van der Waals surface area (Å²) in [5, 5.41) is 0. The van der Waals surface area contributed by atoms with Crippen molar-refractivity contribution in [2.75, 3.05) is 12.5 Å². The van der Waals surface area contributed by atoms with Gasteiger partial charge in [0.25, 0.3) is 0 Å². The number of fused-ring (bicyclic) bond motifs is 1. The summed E-state index contributed by atoms with van der Waals surface area (Å²) in [7, 11) is 0. The molecule has 1 fully saturated rings. The minimum Gasteiger partial charge on any atom is -0.376 e. The number of ether oxygens (including phenoxy) is 1. The van der Waals surface area contributed by atoms with Gasteiger partial charge in [-0.2, -0.15) is 0 Å². The second kappa shape index (κ2) is 5.24. The Kier molecular flexibility index (Phi) is 3.48. The molecule has 0 spiro atoms. The lowest BCUT2D eigenvalue weighted by Gasteiger charge is -2.13. The molecule has 0 saturated carbocycles. The summed E-state index contributed by atoms with van der Waals surface area (Å²) in [4.78, 5) is 8.72. The fourth-order valence-electron chi connectivity index (χ4n) is 2.50. The summed E-state index contributed by atoms with van der Waals surface area (Å²) in [5.41, 5.74) is 2.07. The molecule has 0 radical (unpaired) electrons. The van der Waals surface area contributed by atoms with Crippen molar-refractivity contribution in [3.63, 3.8) is 0 Å². The van der Waals surface area contributed by atoms with Crippen LogP contribution in [0.3, 0.4) is 0 Å². The molecule has 96 valence electrons. The van der Waals surface area contributed by atoms with Gasteiger partial charge in [-0.05, 0) is 18.9 Å². The predicted molar refractivity (Wildman–Crippen MR) is 70.9 cm³/mol. The van der Waals surface area contributed by atoms with E-state index in [0.29, 0.717) is 12.0 Å². The zero-order valence-electron chi connectivity index (χ0n) is 10.2. The van der Waals surface area contributed by atoms with Crippen LogP contribution in [0.4, 0.5) is 0 Å². The highest BCUT2D eigenvalue weighted by Gasteiger charge is 2.19. The summed E-state index contributed by atoms with van der Waals surface area (Å²) >= 11 is 5.85. The normalized spacial score (nSPS) is 19.7. The van der Waals surface area contributed by atoms with Crippen LogP contribution in [0.15, 0.2) is 18.5 Å². The van der Waals surface area contributed by atoms with E-state index in [1.165, 1.54) is 0 Å². The van der Waals surface area contributed by atoms with Crippen LogP contribution in [0.25, 0.3) is 11.0 Å². The van der Waals surface area contributed by atoms with Crippen molar-refractivity contribution in [1.82, 2.24) is 14.5 Å². The van der Waals surface area contributed by atoms with E-state index in [4.69, 9.17) is 16.3 Å². The van der Waals surface area contributed by atoms with Gasteiger partial charge < -0.3 is 9.30 Å². The van der Waals surface area contributed by atoms with E-state index < -0.39 is 0 Å². The second-order valence-electron chi connectivity index (χ2n) is 4.58. The maximum absolute atomic E-state index is 5.85. The maximum Gasteiger partial charge on any atom is 0.111 e. The second-order valence-corrected chi connectivity index (χ2v) is 4.96. The first kappa shape index (κ1) is 11.9. The molecule has 1 saturated heterocycles. The van der Waals surface area contributed by atoms with Crippen molar-refractivity contribution in [3.05, 3.63) is 24.3 Å².